The van der Waals surface area contributed by atoms with E-state index < -0.39 is 5.82 Å². The normalized spacial score (nSPS) is 12.4. The van der Waals surface area contributed by atoms with E-state index in [0.717, 1.165) is 9.35 Å². The highest BCUT2D eigenvalue weighted by Gasteiger charge is 2.17. The SMILES string of the molecule is NCC(Oc1cccc(Cl)c1F)c1cc(Br)cs1. The lowest BCUT2D eigenvalue weighted by atomic mass is 10.2. The first kappa shape index (κ1) is 13.8. The summed E-state index contributed by atoms with van der Waals surface area (Å²) in [5, 5.41) is 1.96. The van der Waals surface area contributed by atoms with E-state index in [2.05, 4.69) is 15.9 Å². The summed E-state index contributed by atoms with van der Waals surface area (Å²) in [6.07, 6.45) is -0.380. The first-order chi connectivity index (χ1) is 8.61. The van der Waals surface area contributed by atoms with Crippen LogP contribution in [0.3, 0.4) is 0 Å². The van der Waals surface area contributed by atoms with Crippen molar-refractivity contribution in [1.29, 1.82) is 0 Å². The van der Waals surface area contributed by atoms with Crippen molar-refractivity contribution in [1.82, 2.24) is 0 Å². The number of rotatable bonds is 4. The van der Waals surface area contributed by atoms with Gasteiger partial charge in [0, 0.05) is 21.3 Å². The van der Waals surface area contributed by atoms with Gasteiger partial charge in [0.25, 0.3) is 0 Å². The van der Waals surface area contributed by atoms with Crippen LogP contribution in [0.2, 0.25) is 5.02 Å². The van der Waals surface area contributed by atoms with Crippen LogP contribution in [0.4, 0.5) is 4.39 Å². The van der Waals surface area contributed by atoms with Gasteiger partial charge < -0.3 is 10.5 Å². The fourth-order valence-corrected chi connectivity index (χ4v) is 3.10. The lowest BCUT2D eigenvalue weighted by Crippen LogP contribution is -2.17. The maximum Gasteiger partial charge on any atom is 0.183 e. The molecule has 0 aliphatic heterocycles. The number of hydrogen-bond acceptors (Lipinski definition) is 3. The summed E-state index contributed by atoms with van der Waals surface area (Å²) in [5.74, 6) is -0.448. The van der Waals surface area contributed by atoms with Gasteiger partial charge in [0.1, 0.15) is 6.10 Å². The molecule has 0 saturated carbocycles. The lowest BCUT2D eigenvalue weighted by Gasteiger charge is -2.16. The third kappa shape index (κ3) is 3.03. The molecule has 1 heterocycles. The van der Waals surface area contributed by atoms with E-state index in [9.17, 15) is 4.39 Å². The maximum absolute atomic E-state index is 13.7. The summed E-state index contributed by atoms with van der Waals surface area (Å²) in [7, 11) is 0. The summed E-state index contributed by atoms with van der Waals surface area (Å²) >= 11 is 10.6. The molecule has 18 heavy (non-hydrogen) atoms. The minimum atomic E-state index is -0.562. The molecular weight excluding hydrogens is 341 g/mol. The van der Waals surface area contributed by atoms with Crippen molar-refractivity contribution in [3.8, 4) is 5.75 Å². The smallest absolute Gasteiger partial charge is 0.183 e. The van der Waals surface area contributed by atoms with Crippen LogP contribution in [0.25, 0.3) is 0 Å². The van der Waals surface area contributed by atoms with E-state index in [-0.39, 0.29) is 23.4 Å². The predicted octanol–water partition coefficient (Wildman–Crippen LogP) is 4.38. The Bertz CT molecular complexity index is 549. The number of ether oxygens (including phenoxy) is 1. The number of thiophene rings is 1. The third-order valence-corrected chi connectivity index (χ3v) is 4.38. The largest absolute Gasteiger partial charge is 0.480 e. The van der Waals surface area contributed by atoms with Crippen LogP contribution >= 0.6 is 38.9 Å². The number of benzene rings is 1. The van der Waals surface area contributed by atoms with E-state index in [0.29, 0.717) is 0 Å². The summed E-state index contributed by atoms with van der Waals surface area (Å²) in [6, 6.07) is 6.55. The molecule has 0 saturated heterocycles. The Morgan fingerprint density at radius 1 is 1.50 bits per heavy atom. The second-order valence-electron chi connectivity index (χ2n) is 3.56. The zero-order valence-electron chi connectivity index (χ0n) is 9.20. The van der Waals surface area contributed by atoms with Crippen molar-refractivity contribution in [2.75, 3.05) is 6.54 Å². The van der Waals surface area contributed by atoms with E-state index in [1.165, 1.54) is 23.5 Å². The van der Waals surface area contributed by atoms with Crippen molar-refractivity contribution in [3.63, 3.8) is 0 Å². The van der Waals surface area contributed by atoms with Gasteiger partial charge >= 0.3 is 0 Å². The van der Waals surface area contributed by atoms with Gasteiger partial charge in [-0.2, -0.15) is 0 Å². The first-order valence-electron chi connectivity index (χ1n) is 5.16. The first-order valence-corrected chi connectivity index (χ1v) is 7.21. The minimum Gasteiger partial charge on any atom is -0.480 e. The summed E-state index contributed by atoms with van der Waals surface area (Å²) < 4.78 is 20.3. The number of hydrogen-bond donors (Lipinski definition) is 1. The molecule has 1 aromatic carbocycles. The van der Waals surface area contributed by atoms with Gasteiger partial charge in [0.15, 0.2) is 11.6 Å². The summed E-state index contributed by atoms with van der Waals surface area (Å²) in [6.45, 7) is 0.263. The Kier molecular flexibility index (Phi) is 4.61. The van der Waals surface area contributed by atoms with Crippen LogP contribution in [-0.4, -0.2) is 6.54 Å². The Hall–Kier alpha value is -0.620. The molecule has 2 N–H and O–H groups in total. The number of nitrogens with two attached hydrogens (primary N) is 1. The van der Waals surface area contributed by atoms with Gasteiger partial charge in [-0.3, -0.25) is 0 Å². The number of halogens is 3. The molecule has 1 unspecified atom stereocenters. The molecular formula is C12H10BrClFNOS. The second kappa shape index (κ2) is 6.02. The molecule has 0 amide bonds. The average Bonchev–Trinajstić information content (AvgIpc) is 2.78. The Morgan fingerprint density at radius 3 is 2.89 bits per heavy atom. The molecule has 1 atom stereocenters. The highest BCUT2D eigenvalue weighted by atomic mass is 79.9. The molecule has 2 rings (SSSR count). The van der Waals surface area contributed by atoms with Crippen LogP contribution in [0, 0.1) is 5.82 Å². The van der Waals surface area contributed by atoms with Crippen LogP contribution < -0.4 is 10.5 Å². The van der Waals surface area contributed by atoms with Crippen molar-refractivity contribution < 1.29 is 9.13 Å². The highest BCUT2D eigenvalue weighted by Crippen LogP contribution is 2.31. The molecule has 2 nitrogen and oxygen atoms in total. The van der Waals surface area contributed by atoms with Crippen molar-refractivity contribution >= 4 is 38.9 Å². The van der Waals surface area contributed by atoms with E-state index >= 15 is 0 Å². The van der Waals surface area contributed by atoms with Crippen molar-refractivity contribution in [2.24, 2.45) is 5.73 Å². The monoisotopic (exact) mass is 349 g/mol. The van der Waals surface area contributed by atoms with Gasteiger partial charge in [-0.25, -0.2) is 4.39 Å². The van der Waals surface area contributed by atoms with E-state index in [4.69, 9.17) is 22.1 Å². The van der Waals surface area contributed by atoms with Gasteiger partial charge in [0.2, 0.25) is 0 Å². The Balaban J connectivity index is 2.23. The molecule has 0 spiro atoms. The molecule has 1 aromatic heterocycles. The third-order valence-electron chi connectivity index (χ3n) is 2.30. The molecule has 0 bridgehead atoms. The zero-order valence-corrected chi connectivity index (χ0v) is 12.4. The minimum absolute atomic E-state index is 0.0376. The van der Waals surface area contributed by atoms with Gasteiger partial charge in [-0.15, -0.1) is 11.3 Å². The molecule has 0 aliphatic rings. The van der Waals surface area contributed by atoms with Crippen LogP contribution in [0.15, 0.2) is 34.1 Å². The van der Waals surface area contributed by atoms with Crippen molar-refractivity contribution in [3.05, 3.63) is 49.8 Å². The van der Waals surface area contributed by atoms with Gasteiger partial charge in [0.05, 0.1) is 5.02 Å². The van der Waals surface area contributed by atoms with Gasteiger partial charge in [-0.1, -0.05) is 17.7 Å². The van der Waals surface area contributed by atoms with E-state index in [1.54, 1.807) is 6.07 Å². The summed E-state index contributed by atoms with van der Waals surface area (Å²) in [5.41, 5.74) is 5.66. The van der Waals surface area contributed by atoms with Crippen LogP contribution in [0.1, 0.15) is 11.0 Å². The Labute approximate surface area is 122 Å². The molecule has 6 heteroatoms. The Morgan fingerprint density at radius 2 is 2.28 bits per heavy atom. The van der Waals surface area contributed by atoms with Crippen LogP contribution in [0.5, 0.6) is 5.75 Å². The molecule has 2 aromatic rings. The maximum atomic E-state index is 13.7. The molecule has 0 fully saturated rings. The van der Waals surface area contributed by atoms with Crippen LogP contribution in [-0.2, 0) is 0 Å². The standard InChI is InChI=1S/C12H10BrClFNOS/c13-7-4-11(18-6-7)10(5-16)17-9-3-1-2-8(14)12(9)15/h1-4,6,10H,5,16H2. The predicted molar refractivity (Wildman–Crippen MR) is 75.9 cm³/mol. The van der Waals surface area contributed by atoms with Crippen molar-refractivity contribution in [2.45, 2.75) is 6.10 Å². The molecule has 0 radical (unpaired) electrons. The summed E-state index contributed by atoms with van der Waals surface area (Å²) in [4.78, 5) is 0.934. The lowest BCUT2D eigenvalue weighted by molar-refractivity contribution is 0.208. The van der Waals surface area contributed by atoms with E-state index in [1.807, 2.05) is 11.4 Å². The fourth-order valence-electron chi connectivity index (χ4n) is 1.45. The average molecular weight is 351 g/mol. The van der Waals surface area contributed by atoms with Gasteiger partial charge in [-0.05, 0) is 34.1 Å². The quantitative estimate of drug-likeness (QED) is 0.888. The highest BCUT2D eigenvalue weighted by molar-refractivity contribution is 9.10. The zero-order chi connectivity index (χ0) is 13.1. The second-order valence-corrected chi connectivity index (χ2v) is 5.83. The fraction of sp³-hybridized carbons (Fsp3) is 0.167. The molecule has 0 aliphatic carbocycles. The molecule has 96 valence electrons. The topological polar surface area (TPSA) is 35.2 Å².